The Hall–Kier alpha value is -1.56. The van der Waals surface area contributed by atoms with Crippen LogP contribution in [-0.4, -0.2) is 19.1 Å². The number of aryl methyl sites for hydroxylation is 2. The van der Waals surface area contributed by atoms with Crippen molar-refractivity contribution in [2.45, 2.75) is 25.7 Å². The summed E-state index contributed by atoms with van der Waals surface area (Å²) in [5, 5.41) is 2.94. The first kappa shape index (κ1) is 17.8. The maximum Gasteiger partial charge on any atom is 0.265 e. The van der Waals surface area contributed by atoms with Crippen LogP contribution in [-0.2, 0) is 12.8 Å². The molecule has 1 aliphatic carbocycles. The van der Waals surface area contributed by atoms with Gasteiger partial charge in [0.15, 0.2) is 0 Å². The summed E-state index contributed by atoms with van der Waals surface area (Å²) < 4.78 is 5.42. The third kappa shape index (κ3) is 4.47. The van der Waals surface area contributed by atoms with E-state index in [1.54, 1.807) is 11.3 Å². The molecule has 0 atom stereocenters. The van der Waals surface area contributed by atoms with E-state index >= 15 is 0 Å². The zero-order valence-corrected chi connectivity index (χ0v) is 14.5. The van der Waals surface area contributed by atoms with E-state index in [0.717, 1.165) is 29.2 Å². The summed E-state index contributed by atoms with van der Waals surface area (Å²) in [6, 6.07) is 9.41. The molecule has 4 nitrogen and oxygen atoms in total. The van der Waals surface area contributed by atoms with E-state index < -0.39 is 0 Å². The molecule has 0 fully saturated rings. The largest absolute Gasteiger partial charge is 0.492 e. The molecule has 0 saturated heterocycles. The second-order valence-corrected chi connectivity index (χ2v) is 6.52. The maximum absolute atomic E-state index is 12.3. The predicted octanol–water partition coefficient (Wildman–Crippen LogP) is 3.64. The Bertz CT molecular complexity index is 632. The standard InChI is InChI=1S/C17H20N2O2S.ClH/c18-9-10-21-14-7-5-13(6-8-14)19-17(20)16-11-12-3-1-2-4-15(12)22-16;/h5-8,11H,1-4,9-10,18H2,(H,19,20);1H. The Kier molecular flexibility index (Phi) is 6.45. The molecule has 0 saturated carbocycles. The van der Waals surface area contributed by atoms with Gasteiger partial charge in [-0.15, -0.1) is 23.7 Å². The highest BCUT2D eigenvalue weighted by molar-refractivity contribution is 7.14. The molecule has 0 unspecified atom stereocenters. The summed E-state index contributed by atoms with van der Waals surface area (Å²) in [4.78, 5) is 14.5. The molecule has 1 amide bonds. The van der Waals surface area contributed by atoms with E-state index in [0.29, 0.717) is 13.2 Å². The van der Waals surface area contributed by atoms with Crippen LogP contribution in [0, 0.1) is 0 Å². The summed E-state index contributed by atoms with van der Waals surface area (Å²) in [7, 11) is 0. The van der Waals surface area contributed by atoms with Gasteiger partial charge in [0.25, 0.3) is 5.91 Å². The van der Waals surface area contributed by atoms with Gasteiger partial charge in [0.2, 0.25) is 0 Å². The summed E-state index contributed by atoms with van der Waals surface area (Å²) in [6.45, 7) is 0.980. The lowest BCUT2D eigenvalue weighted by atomic mass is 9.99. The number of nitrogens with two attached hydrogens (primary N) is 1. The van der Waals surface area contributed by atoms with Crippen LogP contribution >= 0.6 is 23.7 Å². The highest BCUT2D eigenvalue weighted by Crippen LogP contribution is 2.30. The van der Waals surface area contributed by atoms with Gasteiger partial charge in [-0.05, 0) is 61.6 Å². The van der Waals surface area contributed by atoms with E-state index in [-0.39, 0.29) is 18.3 Å². The van der Waals surface area contributed by atoms with Crippen molar-refractivity contribution in [2.75, 3.05) is 18.5 Å². The number of carbonyl (C=O) groups excluding carboxylic acids is 1. The smallest absolute Gasteiger partial charge is 0.265 e. The van der Waals surface area contributed by atoms with E-state index in [1.165, 1.54) is 23.3 Å². The van der Waals surface area contributed by atoms with E-state index in [2.05, 4.69) is 5.32 Å². The third-order valence-electron chi connectivity index (χ3n) is 3.72. The molecule has 1 aromatic carbocycles. The number of thiophene rings is 1. The van der Waals surface area contributed by atoms with Gasteiger partial charge in [0.05, 0.1) is 4.88 Å². The fourth-order valence-corrected chi connectivity index (χ4v) is 3.76. The van der Waals surface area contributed by atoms with Crippen LogP contribution in [0.2, 0.25) is 0 Å². The van der Waals surface area contributed by atoms with Crippen molar-refractivity contribution in [1.82, 2.24) is 0 Å². The van der Waals surface area contributed by atoms with Crippen LogP contribution in [0.4, 0.5) is 5.69 Å². The van der Waals surface area contributed by atoms with Crippen LogP contribution in [0.3, 0.4) is 0 Å². The number of hydrogen-bond donors (Lipinski definition) is 2. The molecule has 6 heteroatoms. The molecule has 0 spiro atoms. The van der Waals surface area contributed by atoms with Crippen molar-refractivity contribution in [3.05, 3.63) is 45.6 Å². The van der Waals surface area contributed by atoms with Crippen molar-refractivity contribution in [2.24, 2.45) is 5.73 Å². The summed E-state index contributed by atoms with van der Waals surface area (Å²) >= 11 is 1.63. The number of halogens is 1. The van der Waals surface area contributed by atoms with Gasteiger partial charge < -0.3 is 15.8 Å². The molecule has 1 aliphatic rings. The fourth-order valence-electron chi connectivity index (χ4n) is 2.61. The maximum atomic E-state index is 12.3. The molecule has 3 rings (SSSR count). The molecule has 0 aliphatic heterocycles. The molecule has 0 radical (unpaired) electrons. The van der Waals surface area contributed by atoms with Crippen molar-refractivity contribution in [3.63, 3.8) is 0 Å². The van der Waals surface area contributed by atoms with Crippen molar-refractivity contribution in [1.29, 1.82) is 0 Å². The first-order valence-electron chi connectivity index (χ1n) is 7.62. The number of anilines is 1. The molecule has 2 aromatic rings. The topological polar surface area (TPSA) is 64.3 Å². The summed E-state index contributed by atoms with van der Waals surface area (Å²) in [6.07, 6.45) is 4.68. The van der Waals surface area contributed by atoms with Gasteiger partial charge >= 0.3 is 0 Å². The van der Waals surface area contributed by atoms with E-state index in [1.807, 2.05) is 30.3 Å². The Balaban J connectivity index is 0.00000192. The Morgan fingerprint density at radius 2 is 1.96 bits per heavy atom. The van der Waals surface area contributed by atoms with Gasteiger partial charge in [-0.3, -0.25) is 4.79 Å². The first-order valence-corrected chi connectivity index (χ1v) is 8.44. The highest BCUT2D eigenvalue weighted by Gasteiger charge is 2.17. The normalized spacial score (nSPS) is 12.9. The number of hydrogen-bond acceptors (Lipinski definition) is 4. The zero-order valence-electron chi connectivity index (χ0n) is 12.8. The van der Waals surface area contributed by atoms with E-state index in [9.17, 15) is 4.79 Å². The molecule has 23 heavy (non-hydrogen) atoms. The number of benzene rings is 1. The van der Waals surface area contributed by atoms with Crippen LogP contribution < -0.4 is 15.8 Å². The zero-order chi connectivity index (χ0) is 15.4. The molecule has 0 bridgehead atoms. The molecule has 3 N–H and O–H groups in total. The van der Waals surface area contributed by atoms with Gasteiger partial charge in [0.1, 0.15) is 12.4 Å². The predicted molar refractivity (Wildman–Crippen MR) is 97.2 cm³/mol. The highest BCUT2D eigenvalue weighted by atomic mass is 35.5. The molecule has 124 valence electrons. The van der Waals surface area contributed by atoms with Gasteiger partial charge in [0, 0.05) is 17.1 Å². The number of rotatable bonds is 5. The second kappa shape index (κ2) is 8.34. The van der Waals surface area contributed by atoms with Crippen molar-refractivity contribution >= 4 is 35.3 Å². The summed E-state index contributed by atoms with van der Waals surface area (Å²) in [5.74, 6) is 0.727. The van der Waals surface area contributed by atoms with Crippen molar-refractivity contribution < 1.29 is 9.53 Å². The van der Waals surface area contributed by atoms with Gasteiger partial charge in [-0.2, -0.15) is 0 Å². The first-order chi connectivity index (χ1) is 10.8. The van der Waals surface area contributed by atoms with Gasteiger partial charge in [-0.25, -0.2) is 0 Å². The lowest BCUT2D eigenvalue weighted by Crippen LogP contribution is -2.11. The molecular weight excluding hydrogens is 332 g/mol. The minimum Gasteiger partial charge on any atom is -0.492 e. The minimum atomic E-state index is -0.0324. The number of nitrogens with one attached hydrogen (secondary N) is 1. The average Bonchev–Trinajstić information content (AvgIpc) is 2.98. The molecule has 1 aromatic heterocycles. The number of amides is 1. The number of carbonyl (C=O) groups is 1. The lowest BCUT2D eigenvalue weighted by Gasteiger charge is -2.08. The average molecular weight is 353 g/mol. The SMILES string of the molecule is Cl.NCCOc1ccc(NC(=O)c2cc3c(s2)CCCC3)cc1. The van der Waals surface area contributed by atoms with E-state index in [4.69, 9.17) is 10.5 Å². The number of fused-ring (bicyclic) bond motifs is 1. The van der Waals surface area contributed by atoms with Crippen LogP contribution in [0.25, 0.3) is 0 Å². The summed E-state index contributed by atoms with van der Waals surface area (Å²) in [5.41, 5.74) is 7.53. The Morgan fingerprint density at radius 3 is 2.65 bits per heavy atom. The van der Waals surface area contributed by atoms with Crippen molar-refractivity contribution in [3.8, 4) is 5.75 Å². The Labute approximate surface area is 146 Å². The molecule has 1 heterocycles. The van der Waals surface area contributed by atoms with Crippen LogP contribution in [0.5, 0.6) is 5.75 Å². The fraction of sp³-hybridized carbons (Fsp3) is 0.353. The monoisotopic (exact) mass is 352 g/mol. The third-order valence-corrected chi connectivity index (χ3v) is 4.96. The Morgan fingerprint density at radius 1 is 1.22 bits per heavy atom. The van der Waals surface area contributed by atoms with Gasteiger partial charge in [-0.1, -0.05) is 0 Å². The lowest BCUT2D eigenvalue weighted by molar-refractivity contribution is 0.103. The molecular formula is C17H21ClN2O2S. The minimum absolute atomic E-state index is 0. The van der Waals surface area contributed by atoms with Crippen LogP contribution in [0.1, 0.15) is 33.0 Å². The number of ether oxygens (including phenoxy) is 1. The van der Waals surface area contributed by atoms with Crippen LogP contribution in [0.15, 0.2) is 30.3 Å². The quantitative estimate of drug-likeness (QED) is 0.863. The second-order valence-electron chi connectivity index (χ2n) is 5.38.